The quantitative estimate of drug-likeness (QED) is 0.573. The predicted molar refractivity (Wildman–Crippen MR) is 102 cm³/mol. The summed E-state index contributed by atoms with van der Waals surface area (Å²) in [6.07, 6.45) is 0. The van der Waals surface area contributed by atoms with E-state index in [-0.39, 0.29) is 17.7 Å². The molecule has 0 aliphatic carbocycles. The lowest BCUT2D eigenvalue weighted by Gasteiger charge is -2.16. The van der Waals surface area contributed by atoms with Gasteiger partial charge < -0.3 is 23.2 Å². The standard InChI is InChI=1S/C19H22N4O6/c1-5-25-13-9-12(10-14(26-6-2)16(13)27-7-3)18-21-22-19(28-18)20-17(24)15-8-11(4)23-29-15/h8-10H,5-7H2,1-4H3,(H,20,22,24). The van der Waals surface area contributed by atoms with Gasteiger partial charge >= 0.3 is 6.01 Å². The first-order valence-electron chi connectivity index (χ1n) is 9.20. The van der Waals surface area contributed by atoms with E-state index in [1.807, 2.05) is 20.8 Å². The van der Waals surface area contributed by atoms with Crippen LogP contribution in [0.4, 0.5) is 6.01 Å². The maximum Gasteiger partial charge on any atom is 0.322 e. The van der Waals surface area contributed by atoms with Gasteiger partial charge in [-0.3, -0.25) is 10.1 Å². The molecule has 0 atom stereocenters. The second-order valence-electron chi connectivity index (χ2n) is 5.80. The van der Waals surface area contributed by atoms with Crippen molar-refractivity contribution in [1.29, 1.82) is 0 Å². The highest BCUT2D eigenvalue weighted by Crippen LogP contribution is 2.41. The zero-order valence-electron chi connectivity index (χ0n) is 16.6. The zero-order valence-corrected chi connectivity index (χ0v) is 16.6. The van der Waals surface area contributed by atoms with Gasteiger partial charge in [-0.1, -0.05) is 10.3 Å². The van der Waals surface area contributed by atoms with Crippen LogP contribution in [0.2, 0.25) is 0 Å². The van der Waals surface area contributed by atoms with Crippen molar-refractivity contribution in [1.82, 2.24) is 15.4 Å². The number of hydrogen-bond acceptors (Lipinski definition) is 9. The van der Waals surface area contributed by atoms with Crippen LogP contribution in [0.3, 0.4) is 0 Å². The lowest BCUT2D eigenvalue weighted by atomic mass is 10.2. The van der Waals surface area contributed by atoms with E-state index in [4.69, 9.17) is 23.2 Å². The van der Waals surface area contributed by atoms with Crippen LogP contribution in [-0.4, -0.2) is 41.1 Å². The van der Waals surface area contributed by atoms with Crippen molar-refractivity contribution < 1.29 is 27.9 Å². The van der Waals surface area contributed by atoms with E-state index in [2.05, 4.69) is 20.7 Å². The average molecular weight is 402 g/mol. The molecule has 0 fully saturated rings. The van der Waals surface area contributed by atoms with Crippen molar-refractivity contribution >= 4 is 11.9 Å². The minimum Gasteiger partial charge on any atom is -0.490 e. The Morgan fingerprint density at radius 2 is 1.66 bits per heavy atom. The predicted octanol–water partition coefficient (Wildman–Crippen LogP) is 3.48. The molecule has 0 aliphatic rings. The second-order valence-corrected chi connectivity index (χ2v) is 5.80. The van der Waals surface area contributed by atoms with Crippen molar-refractivity contribution in [2.45, 2.75) is 27.7 Å². The third-order valence-electron chi connectivity index (χ3n) is 3.65. The normalized spacial score (nSPS) is 10.6. The smallest absolute Gasteiger partial charge is 0.322 e. The first kappa shape index (κ1) is 20.2. The zero-order chi connectivity index (χ0) is 20.8. The summed E-state index contributed by atoms with van der Waals surface area (Å²) in [7, 11) is 0. The van der Waals surface area contributed by atoms with Gasteiger partial charge in [0.1, 0.15) is 0 Å². The van der Waals surface area contributed by atoms with Gasteiger partial charge in [-0.15, -0.1) is 5.10 Å². The molecule has 0 radical (unpaired) electrons. The fourth-order valence-electron chi connectivity index (χ4n) is 2.53. The molecule has 0 saturated carbocycles. The number of hydrogen-bond donors (Lipinski definition) is 1. The van der Waals surface area contributed by atoms with Gasteiger partial charge in [0, 0.05) is 11.6 Å². The van der Waals surface area contributed by atoms with Crippen LogP contribution < -0.4 is 19.5 Å². The fourth-order valence-corrected chi connectivity index (χ4v) is 2.53. The molecule has 2 heterocycles. The first-order chi connectivity index (χ1) is 14.0. The van der Waals surface area contributed by atoms with Crippen LogP contribution in [-0.2, 0) is 0 Å². The van der Waals surface area contributed by atoms with Crippen molar-refractivity contribution in [3.63, 3.8) is 0 Å². The largest absolute Gasteiger partial charge is 0.490 e. The number of nitrogens with zero attached hydrogens (tertiary/aromatic N) is 3. The Bertz CT molecular complexity index is 954. The Kier molecular flexibility index (Phi) is 6.32. The second kappa shape index (κ2) is 9.09. The Balaban J connectivity index is 1.89. The number of rotatable bonds is 9. The highest BCUT2D eigenvalue weighted by molar-refractivity contribution is 6.00. The third kappa shape index (κ3) is 4.65. The van der Waals surface area contributed by atoms with E-state index < -0.39 is 5.91 Å². The number of carbonyl (C=O) groups is 1. The van der Waals surface area contributed by atoms with Crippen molar-refractivity contribution in [2.24, 2.45) is 0 Å². The summed E-state index contributed by atoms with van der Waals surface area (Å²) in [4.78, 5) is 12.1. The number of carbonyl (C=O) groups excluding carboxylic acids is 1. The van der Waals surface area contributed by atoms with E-state index in [0.29, 0.717) is 48.3 Å². The average Bonchev–Trinajstić information content (AvgIpc) is 3.33. The molecular weight excluding hydrogens is 380 g/mol. The molecule has 154 valence electrons. The summed E-state index contributed by atoms with van der Waals surface area (Å²) in [5.74, 6) is 1.18. The van der Waals surface area contributed by atoms with Crippen LogP contribution in [0.15, 0.2) is 27.1 Å². The summed E-state index contributed by atoms with van der Waals surface area (Å²) >= 11 is 0. The molecule has 1 amide bonds. The highest BCUT2D eigenvalue weighted by Gasteiger charge is 2.20. The molecule has 3 aromatic rings. The molecule has 0 aliphatic heterocycles. The summed E-state index contributed by atoms with van der Waals surface area (Å²) in [6, 6.07) is 4.86. The lowest BCUT2D eigenvalue weighted by Crippen LogP contribution is -2.11. The molecule has 1 aromatic carbocycles. The minimum atomic E-state index is -0.544. The summed E-state index contributed by atoms with van der Waals surface area (Å²) in [5.41, 5.74) is 1.14. The molecule has 3 rings (SSSR count). The fraction of sp³-hybridized carbons (Fsp3) is 0.368. The van der Waals surface area contributed by atoms with Crippen LogP contribution in [0, 0.1) is 6.92 Å². The van der Waals surface area contributed by atoms with Gasteiger partial charge in [0.25, 0.3) is 5.91 Å². The molecule has 2 aromatic heterocycles. The maximum absolute atomic E-state index is 12.1. The summed E-state index contributed by atoms with van der Waals surface area (Å²) < 4.78 is 27.5. The maximum atomic E-state index is 12.1. The molecule has 10 heteroatoms. The lowest BCUT2D eigenvalue weighted by molar-refractivity contribution is 0.0985. The summed E-state index contributed by atoms with van der Waals surface area (Å²) in [6.45, 7) is 8.67. The van der Waals surface area contributed by atoms with E-state index in [1.165, 1.54) is 6.07 Å². The molecular formula is C19H22N4O6. The van der Waals surface area contributed by atoms with Gasteiger partial charge in [-0.25, -0.2) is 0 Å². The van der Waals surface area contributed by atoms with Crippen LogP contribution in [0.1, 0.15) is 37.0 Å². The Morgan fingerprint density at radius 3 is 2.21 bits per heavy atom. The van der Waals surface area contributed by atoms with E-state index in [9.17, 15) is 4.79 Å². The number of nitrogens with one attached hydrogen (secondary N) is 1. The number of ether oxygens (including phenoxy) is 3. The van der Waals surface area contributed by atoms with Crippen LogP contribution >= 0.6 is 0 Å². The molecule has 0 saturated heterocycles. The molecule has 0 spiro atoms. The minimum absolute atomic E-state index is 0.0422. The Labute approximate surface area is 167 Å². The number of amides is 1. The summed E-state index contributed by atoms with van der Waals surface area (Å²) in [5, 5.41) is 14.0. The Morgan fingerprint density at radius 1 is 1.00 bits per heavy atom. The highest BCUT2D eigenvalue weighted by atomic mass is 16.5. The van der Waals surface area contributed by atoms with Crippen molar-refractivity contribution in [3.05, 3.63) is 29.7 Å². The molecule has 10 nitrogen and oxygen atoms in total. The number of aryl methyl sites for hydroxylation is 1. The molecule has 1 N–H and O–H groups in total. The molecule has 0 unspecified atom stereocenters. The molecule has 29 heavy (non-hydrogen) atoms. The first-order valence-corrected chi connectivity index (χ1v) is 9.20. The topological polar surface area (TPSA) is 122 Å². The van der Waals surface area contributed by atoms with Crippen LogP contribution in [0.5, 0.6) is 17.2 Å². The van der Waals surface area contributed by atoms with Crippen molar-refractivity contribution in [2.75, 3.05) is 25.1 Å². The van der Waals surface area contributed by atoms with Gasteiger partial charge in [0.05, 0.1) is 25.5 Å². The van der Waals surface area contributed by atoms with Gasteiger partial charge in [-0.2, -0.15) is 0 Å². The van der Waals surface area contributed by atoms with Gasteiger partial charge in [0.15, 0.2) is 11.5 Å². The van der Waals surface area contributed by atoms with E-state index in [0.717, 1.165) is 0 Å². The SMILES string of the molecule is CCOc1cc(-c2nnc(NC(=O)c3cc(C)no3)o2)cc(OCC)c1OCC. The van der Waals surface area contributed by atoms with Gasteiger partial charge in [-0.05, 0) is 39.8 Å². The number of anilines is 1. The Hall–Kier alpha value is -3.56. The van der Waals surface area contributed by atoms with E-state index in [1.54, 1.807) is 19.1 Å². The van der Waals surface area contributed by atoms with Gasteiger partial charge in [0.2, 0.25) is 17.4 Å². The number of benzene rings is 1. The van der Waals surface area contributed by atoms with E-state index >= 15 is 0 Å². The van der Waals surface area contributed by atoms with Crippen LogP contribution in [0.25, 0.3) is 11.5 Å². The molecule has 0 bridgehead atoms. The monoisotopic (exact) mass is 402 g/mol. The van der Waals surface area contributed by atoms with Crippen molar-refractivity contribution in [3.8, 4) is 28.7 Å². The number of aromatic nitrogens is 3. The third-order valence-corrected chi connectivity index (χ3v) is 3.65.